The molecule has 1 aliphatic heterocycles. The number of rotatable bonds is 8. The van der Waals surface area contributed by atoms with Crippen molar-refractivity contribution < 1.29 is 24.2 Å². The van der Waals surface area contributed by atoms with Crippen LogP contribution in [0.15, 0.2) is 53.1 Å². The van der Waals surface area contributed by atoms with E-state index in [1.165, 1.54) is 17.1 Å². The molecule has 2 aromatic rings. The van der Waals surface area contributed by atoms with Gasteiger partial charge >= 0.3 is 5.97 Å². The maximum Gasteiger partial charge on any atom is 0.335 e. The fourth-order valence-electron chi connectivity index (χ4n) is 3.02. The molecule has 30 heavy (non-hydrogen) atoms. The first-order valence-electron chi connectivity index (χ1n) is 9.70. The minimum atomic E-state index is -1.06. The van der Waals surface area contributed by atoms with E-state index in [2.05, 4.69) is 12.0 Å². The van der Waals surface area contributed by atoms with Crippen molar-refractivity contribution in [3.05, 3.63) is 59.2 Å². The fourth-order valence-corrected chi connectivity index (χ4v) is 3.02. The third-order valence-corrected chi connectivity index (χ3v) is 4.65. The van der Waals surface area contributed by atoms with Crippen LogP contribution < -0.4 is 14.5 Å². The van der Waals surface area contributed by atoms with Crippen molar-refractivity contribution in [1.29, 1.82) is 0 Å². The van der Waals surface area contributed by atoms with Gasteiger partial charge in [-0.25, -0.2) is 4.79 Å². The number of hydrazone groups is 1. The molecule has 0 atom stereocenters. The van der Waals surface area contributed by atoms with Crippen molar-refractivity contribution in [2.75, 3.05) is 18.7 Å². The van der Waals surface area contributed by atoms with E-state index in [-0.39, 0.29) is 11.5 Å². The second-order valence-corrected chi connectivity index (χ2v) is 6.83. The Morgan fingerprint density at radius 1 is 1.20 bits per heavy atom. The first-order chi connectivity index (χ1) is 14.4. The second-order valence-electron chi connectivity index (χ2n) is 6.83. The van der Waals surface area contributed by atoms with Crippen LogP contribution >= 0.6 is 0 Å². The number of nitrogens with zero attached hydrogens (tertiary/aromatic N) is 2. The number of benzene rings is 2. The molecule has 0 aromatic heterocycles. The molecule has 1 heterocycles. The van der Waals surface area contributed by atoms with Crippen molar-refractivity contribution in [2.45, 2.75) is 26.7 Å². The molecule has 0 radical (unpaired) electrons. The molecule has 0 unspecified atom stereocenters. The largest absolute Gasteiger partial charge is 0.493 e. The monoisotopic (exact) mass is 408 g/mol. The lowest BCUT2D eigenvalue weighted by molar-refractivity contribution is -0.114. The smallest absolute Gasteiger partial charge is 0.335 e. The molecule has 156 valence electrons. The van der Waals surface area contributed by atoms with Crippen LogP contribution in [0.2, 0.25) is 0 Å². The number of unbranched alkanes of at least 4 members (excludes halogenated alkanes) is 1. The van der Waals surface area contributed by atoms with Gasteiger partial charge in [0.1, 0.15) is 0 Å². The SMILES string of the molecule is CCCCOc1ccc(C=C2C(=O)N(c3cccc(C(=O)O)c3)N=C2C)cc1OC. The molecule has 0 saturated heterocycles. The number of amides is 1. The molecule has 1 aliphatic rings. The quantitative estimate of drug-likeness (QED) is 0.517. The maximum absolute atomic E-state index is 12.9. The first-order valence-corrected chi connectivity index (χ1v) is 9.70. The number of hydrogen-bond acceptors (Lipinski definition) is 5. The van der Waals surface area contributed by atoms with Gasteiger partial charge in [0, 0.05) is 0 Å². The van der Waals surface area contributed by atoms with Gasteiger partial charge in [-0.15, -0.1) is 0 Å². The van der Waals surface area contributed by atoms with Crippen LogP contribution in [-0.2, 0) is 4.79 Å². The molecule has 1 N–H and O–H groups in total. The number of carbonyl (C=O) groups excluding carboxylic acids is 1. The maximum atomic E-state index is 12.9. The highest BCUT2D eigenvalue weighted by Crippen LogP contribution is 2.31. The van der Waals surface area contributed by atoms with Crippen LogP contribution in [0.25, 0.3) is 6.08 Å². The van der Waals surface area contributed by atoms with E-state index in [9.17, 15) is 14.7 Å². The summed E-state index contributed by atoms with van der Waals surface area (Å²) in [6, 6.07) is 11.6. The number of carbonyl (C=O) groups is 2. The standard InChI is InChI=1S/C23H24N2O5/c1-4-5-11-30-20-10-9-16(13-21(20)29-3)12-19-15(2)24-25(22(19)26)18-8-6-7-17(14-18)23(27)28/h6-10,12-14H,4-5,11H2,1-3H3,(H,27,28). The van der Waals surface area contributed by atoms with Gasteiger partial charge in [-0.2, -0.15) is 10.1 Å². The molecule has 0 saturated carbocycles. The number of carboxylic acid groups (broad SMARTS) is 1. The molecule has 7 nitrogen and oxygen atoms in total. The van der Waals surface area contributed by atoms with Gasteiger partial charge in [-0.3, -0.25) is 4.79 Å². The Morgan fingerprint density at radius 3 is 2.70 bits per heavy atom. The van der Waals surface area contributed by atoms with E-state index >= 15 is 0 Å². The van der Waals surface area contributed by atoms with Crippen LogP contribution in [-0.4, -0.2) is 36.4 Å². The van der Waals surface area contributed by atoms with Crippen molar-refractivity contribution in [2.24, 2.45) is 5.10 Å². The van der Waals surface area contributed by atoms with Crippen molar-refractivity contribution in [1.82, 2.24) is 0 Å². The number of anilines is 1. The van der Waals surface area contributed by atoms with Gasteiger partial charge in [0.15, 0.2) is 11.5 Å². The summed E-state index contributed by atoms with van der Waals surface area (Å²) in [5.74, 6) is -0.138. The normalized spacial score (nSPS) is 14.8. The fraction of sp³-hybridized carbons (Fsp3) is 0.261. The van der Waals surface area contributed by atoms with E-state index in [1.807, 2.05) is 18.2 Å². The Balaban J connectivity index is 1.86. The summed E-state index contributed by atoms with van der Waals surface area (Å²) in [4.78, 5) is 24.2. The average molecular weight is 408 g/mol. The molecule has 1 amide bonds. The summed E-state index contributed by atoms with van der Waals surface area (Å²) < 4.78 is 11.2. The van der Waals surface area contributed by atoms with Gasteiger partial charge in [-0.05, 0) is 55.3 Å². The number of ether oxygens (including phenoxy) is 2. The molecule has 2 aromatic carbocycles. The van der Waals surface area contributed by atoms with Gasteiger partial charge in [0.2, 0.25) is 0 Å². The van der Waals surface area contributed by atoms with Gasteiger partial charge in [0.05, 0.1) is 36.3 Å². The highest BCUT2D eigenvalue weighted by atomic mass is 16.5. The van der Waals surface area contributed by atoms with E-state index in [0.29, 0.717) is 35.1 Å². The summed E-state index contributed by atoms with van der Waals surface area (Å²) in [6.45, 7) is 4.45. The highest BCUT2D eigenvalue weighted by molar-refractivity contribution is 6.32. The zero-order chi connectivity index (χ0) is 21.7. The summed E-state index contributed by atoms with van der Waals surface area (Å²) in [7, 11) is 1.57. The van der Waals surface area contributed by atoms with Crippen LogP contribution in [0.3, 0.4) is 0 Å². The molecule has 0 spiro atoms. The lowest BCUT2D eigenvalue weighted by Crippen LogP contribution is -2.21. The minimum absolute atomic E-state index is 0.0916. The van der Waals surface area contributed by atoms with Crippen LogP contribution in [0.5, 0.6) is 11.5 Å². The van der Waals surface area contributed by atoms with Crippen LogP contribution in [0.4, 0.5) is 5.69 Å². The number of hydrogen-bond donors (Lipinski definition) is 1. The average Bonchev–Trinajstić information content (AvgIpc) is 3.03. The van der Waals surface area contributed by atoms with E-state index in [4.69, 9.17) is 9.47 Å². The third kappa shape index (κ3) is 4.51. The van der Waals surface area contributed by atoms with E-state index in [1.54, 1.807) is 32.2 Å². The van der Waals surface area contributed by atoms with Crippen molar-refractivity contribution in [3.63, 3.8) is 0 Å². The topological polar surface area (TPSA) is 88.4 Å². The Hall–Kier alpha value is -3.61. The molecular formula is C23H24N2O5. The summed E-state index contributed by atoms with van der Waals surface area (Å²) in [5.41, 5.74) is 2.24. The number of aromatic carboxylic acids is 1. The van der Waals surface area contributed by atoms with Gasteiger partial charge < -0.3 is 14.6 Å². The van der Waals surface area contributed by atoms with Crippen molar-refractivity contribution >= 4 is 29.4 Å². The number of carboxylic acids is 1. The Bertz CT molecular complexity index is 1030. The molecule has 0 aliphatic carbocycles. The Labute approximate surface area is 175 Å². The zero-order valence-electron chi connectivity index (χ0n) is 17.2. The summed E-state index contributed by atoms with van der Waals surface area (Å²) >= 11 is 0. The second kappa shape index (κ2) is 9.26. The van der Waals surface area contributed by atoms with Crippen LogP contribution in [0, 0.1) is 0 Å². The zero-order valence-corrected chi connectivity index (χ0v) is 17.2. The lowest BCUT2D eigenvalue weighted by Gasteiger charge is -2.12. The molecule has 3 rings (SSSR count). The van der Waals surface area contributed by atoms with Gasteiger partial charge in [0.25, 0.3) is 5.91 Å². The third-order valence-electron chi connectivity index (χ3n) is 4.65. The predicted octanol–water partition coefficient (Wildman–Crippen LogP) is 4.38. The van der Waals surface area contributed by atoms with Crippen molar-refractivity contribution in [3.8, 4) is 11.5 Å². The predicted molar refractivity (Wildman–Crippen MR) is 115 cm³/mol. The molecule has 0 fully saturated rings. The van der Waals surface area contributed by atoms with Gasteiger partial charge in [-0.1, -0.05) is 25.5 Å². The van der Waals surface area contributed by atoms with E-state index in [0.717, 1.165) is 18.4 Å². The lowest BCUT2D eigenvalue weighted by atomic mass is 10.1. The summed E-state index contributed by atoms with van der Waals surface area (Å²) in [5, 5.41) is 14.7. The summed E-state index contributed by atoms with van der Waals surface area (Å²) in [6.07, 6.45) is 3.73. The highest BCUT2D eigenvalue weighted by Gasteiger charge is 2.29. The first kappa shape index (κ1) is 21.1. The van der Waals surface area contributed by atoms with E-state index < -0.39 is 5.97 Å². The Morgan fingerprint density at radius 2 is 2.00 bits per heavy atom. The Kier molecular flexibility index (Phi) is 6.51. The van der Waals surface area contributed by atoms with Crippen LogP contribution in [0.1, 0.15) is 42.6 Å². The molecule has 0 bridgehead atoms. The minimum Gasteiger partial charge on any atom is -0.493 e. The number of methoxy groups -OCH3 is 1. The molecular weight excluding hydrogens is 384 g/mol. The molecule has 7 heteroatoms.